The Balaban J connectivity index is 1.87. The number of likely N-dealkylation sites (tertiary alicyclic amines) is 1. The standard InChI is InChI=1S/C11H16ClNO2/c12-11(15)8-3-5-9(6-4-8)13-7-1-2-10(13)14/h8-9H,1-7H2. The zero-order valence-electron chi connectivity index (χ0n) is 8.75. The van der Waals surface area contributed by atoms with E-state index >= 15 is 0 Å². The van der Waals surface area contributed by atoms with E-state index in [1.165, 1.54) is 0 Å². The van der Waals surface area contributed by atoms with Crippen molar-refractivity contribution >= 4 is 22.8 Å². The smallest absolute Gasteiger partial charge is 0.224 e. The number of hydrogen-bond acceptors (Lipinski definition) is 2. The zero-order valence-corrected chi connectivity index (χ0v) is 9.50. The van der Waals surface area contributed by atoms with Crippen molar-refractivity contribution in [3.8, 4) is 0 Å². The molecule has 1 amide bonds. The molecule has 2 aliphatic rings. The fraction of sp³-hybridized carbons (Fsp3) is 0.818. The highest BCUT2D eigenvalue weighted by atomic mass is 35.5. The van der Waals surface area contributed by atoms with Gasteiger partial charge in [-0.3, -0.25) is 9.59 Å². The van der Waals surface area contributed by atoms with E-state index in [-0.39, 0.29) is 17.1 Å². The highest BCUT2D eigenvalue weighted by Crippen LogP contribution is 2.30. The molecular formula is C11H16ClNO2. The van der Waals surface area contributed by atoms with Gasteiger partial charge in [0, 0.05) is 24.9 Å². The molecule has 0 aromatic rings. The summed E-state index contributed by atoms with van der Waals surface area (Å²) in [5, 5.41) is -0.207. The van der Waals surface area contributed by atoms with Crippen LogP contribution in [0.15, 0.2) is 0 Å². The van der Waals surface area contributed by atoms with Crippen molar-refractivity contribution < 1.29 is 9.59 Å². The molecule has 0 unspecified atom stereocenters. The Bertz CT molecular complexity index is 272. The molecule has 2 rings (SSSR count). The third kappa shape index (κ3) is 2.33. The second kappa shape index (κ2) is 4.52. The first-order valence-corrected chi connectivity index (χ1v) is 6.05. The van der Waals surface area contributed by atoms with E-state index in [2.05, 4.69) is 0 Å². The van der Waals surface area contributed by atoms with Crippen molar-refractivity contribution in [3.63, 3.8) is 0 Å². The summed E-state index contributed by atoms with van der Waals surface area (Å²) in [7, 11) is 0. The van der Waals surface area contributed by atoms with Crippen LogP contribution in [0.2, 0.25) is 0 Å². The molecule has 0 spiro atoms. The molecule has 1 aliphatic carbocycles. The topological polar surface area (TPSA) is 37.4 Å². The Labute approximate surface area is 94.8 Å². The van der Waals surface area contributed by atoms with Crippen LogP contribution in [-0.4, -0.2) is 28.6 Å². The Morgan fingerprint density at radius 1 is 1.27 bits per heavy atom. The molecule has 84 valence electrons. The second-order valence-corrected chi connectivity index (χ2v) is 4.87. The maximum absolute atomic E-state index is 11.5. The van der Waals surface area contributed by atoms with Crippen LogP contribution < -0.4 is 0 Å². The van der Waals surface area contributed by atoms with Gasteiger partial charge in [0.05, 0.1) is 0 Å². The lowest BCUT2D eigenvalue weighted by Crippen LogP contribution is -2.39. The van der Waals surface area contributed by atoms with Gasteiger partial charge in [-0.05, 0) is 43.7 Å². The summed E-state index contributed by atoms with van der Waals surface area (Å²) in [6.45, 7) is 0.906. The third-order valence-electron chi connectivity index (χ3n) is 3.57. The predicted octanol–water partition coefficient (Wildman–Crippen LogP) is 1.93. The molecule has 1 aliphatic heterocycles. The van der Waals surface area contributed by atoms with Gasteiger partial charge < -0.3 is 4.90 Å². The lowest BCUT2D eigenvalue weighted by atomic mass is 9.86. The maximum atomic E-state index is 11.5. The van der Waals surface area contributed by atoms with E-state index in [4.69, 9.17) is 11.6 Å². The van der Waals surface area contributed by atoms with Crippen LogP contribution in [0, 0.1) is 5.92 Å². The lowest BCUT2D eigenvalue weighted by molar-refractivity contribution is -0.130. The van der Waals surface area contributed by atoms with Crippen molar-refractivity contribution in [2.24, 2.45) is 5.92 Å². The van der Waals surface area contributed by atoms with Crippen LogP contribution in [0.5, 0.6) is 0 Å². The fourth-order valence-electron chi connectivity index (χ4n) is 2.67. The van der Waals surface area contributed by atoms with Gasteiger partial charge in [-0.1, -0.05) is 0 Å². The van der Waals surface area contributed by atoms with Gasteiger partial charge >= 0.3 is 0 Å². The van der Waals surface area contributed by atoms with E-state index < -0.39 is 0 Å². The van der Waals surface area contributed by atoms with E-state index in [1.807, 2.05) is 4.90 Å². The molecule has 1 heterocycles. The quantitative estimate of drug-likeness (QED) is 0.679. The van der Waals surface area contributed by atoms with E-state index in [9.17, 15) is 9.59 Å². The Morgan fingerprint density at radius 2 is 1.93 bits per heavy atom. The van der Waals surface area contributed by atoms with Gasteiger partial charge in [0.25, 0.3) is 0 Å². The highest BCUT2D eigenvalue weighted by Gasteiger charge is 2.32. The molecule has 1 saturated heterocycles. The van der Waals surface area contributed by atoms with Crippen molar-refractivity contribution in [1.29, 1.82) is 0 Å². The second-order valence-electron chi connectivity index (χ2n) is 4.50. The van der Waals surface area contributed by atoms with Crippen LogP contribution in [-0.2, 0) is 9.59 Å². The highest BCUT2D eigenvalue weighted by molar-refractivity contribution is 6.63. The summed E-state index contributed by atoms with van der Waals surface area (Å²) < 4.78 is 0. The first-order valence-electron chi connectivity index (χ1n) is 5.67. The molecule has 0 N–H and O–H groups in total. The summed E-state index contributed by atoms with van der Waals surface area (Å²) in [4.78, 5) is 24.5. The maximum Gasteiger partial charge on any atom is 0.224 e. The van der Waals surface area contributed by atoms with Gasteiger partial charge in [-0.25, -0.2) is 0 Å². The average Bonchev–Trinajstić information content (AvgIpc) is 2.65. The van der Waals surface area contributed by atoms with Crippen molar-refractivity contribution in [3.05, 3.63) is 0 Å². The Hall–Kier alpha value is -0.570. The van der Waals surface area contributed by atoms with Gasteiger partial charge in [-0.15, -0.1) is 0 Å². The van der Waals surface area contributed by atoms with E-state index in [0.717, 1.165) is 38.6 Å². The summed E-state index contributed by atoms with van der Waals surface area (Å²) in [6, 6.07) is 0.368. The largest absolute Gasteiger partial charge is 0.340 e. The molecule has 0 bridgehead atoms. The summed E-state index contributed by atoms with van der Waals surface area (Å²) in [6.07, 6.45) is 5.26. The minimum Gasteiger partial charge on any atom is -0.340 e. The fourth-order valence-corrected chi connectivity index (χ4v) is 2.89. The molecular weight excluding hydrogens is 214 g/mol. The molecule has 0 aromatic carbocycles. The number of amides is 1. The molecule has 1 saturated carbocycles. The monoisotopic (exact) mass is 229 g/mol. The summed E-state index contributed by atoms with van der Waals surface area (Å²) in [5.41, 5.74) is 0. The van der Waals surface area contributed by atoms with Crippen LogP contribution >= 0.6 is 11.6 Å². The Kier molecular flexibility index (Phi) is 3.29. The minimum absolute atomic E-state index is 0.0284. The number of carbonyl (C=O) groups is 2. The number of nitrogens with zero attached hydrogens (tertiary/aromatic N) is 1. The summed E-state index contributed by atoms with van der Waals surface area (Å²) in [5.74, 6) is 0.316. The van der Waals surface area contributed by atoms with Crippen molar-refractivity contribution in [2.75, 3.05) is 6.54 Å². The molecule has 0 aromatic heterocycles. The van der Waals surface area contributed by atoms with Gasteiger partial charge in [-0.2, -0.15) is 0 Å². The minimum atomic E-state index is -0.207. The van der Waals surface area contributed by atoms with Crippen LogP contribution in [0.25, 0.3) is 0 Å². The van der Waals surface area contributed by atoms with E-state index in [0.29, 0.717) is 12.5 Å². The van der Waals surface area contributed by atoms with Crippen molar-refractivity contribution in [2.45, 2.75) is 44.6 Å². The van der Waals surface area contributed by atoms with Gasteiger partial charge in [0.2, 0.25) is 11.1 Å². The molecule has 3 nitrogen and oxygen atoms in total. The van der Waals surface area contributed by atoms with Crippen LogP contribution in [0.3, 0.4) is 0 Å². The van der Waals surface area contributed by atoms with Crippen molar-refractivity contribution in [1.82, 2.24) is 4.90 Å². The van der Waals surface area contributed by atoms with E-state index in [1.54, 1.807) is 0 Å². The van der Waals surface area contributed by atoms with Crippen LogP contribution in [0.1, 0.15) is 38.5 Å². The lowest BCUT2D eigenvalue weighted by Gasteiger charge is -2.33. The average molecular weight is 230 g/mol. The molecule has 4 heteroatoms. The molecule has 15 heavy (non-hydrogen) atoms. The van der Waals surface area contributed by atoms with Gasteiger partial charge in [0.15, 0.2) is 0 Å². The number of carbonyl (C=O) groups excluding carboxylic acids is 2. The van der Waals surface area contributed by atoms with Crippen LogP contribution in [0.4, 0.5) is 0 Å². The summed E-state index contributed by atoms with van der Waals surface area (Å²) >= 11 is 5.47. The molecule has 2 fully saturated rings. The first kappa shape index (κ1) is 10.9. The number of rotatable bonds is 2. The SMILES string of the molecule is O=C(Cl)C1CCC(N2CCCC2=O)CC1. The number of halogens is 1. The predicted molar refractivity (Wildman–Crippen MR) is 57.6 cm³/mol. The molecule has 0 radical (unpaired) electrons. The Morgan fingerprint density at radius 3 is 2.40 bits per heavy atom. The number of hydrogen-bond donors (Lipinski definition) is 0. The molecule has 0 atom stereocenters. The first-order chi connectivity index (χ1) is 7.18. The van der Waals surface area contributed by atoms with Gasteiger partial charge in [0.1, 0.15) is 0 Å². The zero-order chi connectivity index (χ0) is 10.8. The normalized spacial score (nSPS) is 32.1. The third-order valence-corrected chi connectivity index (χ3v) is 3.88.